The van der Waals surface area contributed by atoms with Gasteiger partial charge in [0.2, 0.25) is 0 Å². The third-order valence-electron chi connectivity index (χ3n) is 2.49. The van der Waals surface area contributed by atoms with Gasteiger partial charge in [0, 0.05) is 20.8 Å². The van der Waals surface area contributed by atoms with Crippen LogP contribution in [0.25, 0.3) is 0 Å². The van der Waals surface area contributed by atoms with Gasteiger partial charge in [-0.1, -0.05) is 62.0 Å². The summed E-state index contributed by atoms with van der Waals surface area (Å²) in [5, 5.41) is 0. The molecule has 0 aliphatic heterocycles. The Balaban J connectivity index is 2.10. The fourth-order valence-corrected chi connectivity index (χ4v) is 2.51. The van der Waals surface area contributed by atoms with E-state index in [4.69, 9.17) is 0 Å². The molecule has 0 N–H and O–H groups in total. The first-order chi connectivity index (χ1) is 7.79. The third kappa shape index (κ3) is 6.47. The Kier molecular flexibility index (Phi) is 6.68. The molecule has 0 atom stereocenters. The van der Waals surface area contributed by atoms with E-state index in [1.54, 1.807) is 0 Å². The van der Waals surface area contributed by atoms with Gasteiger partial charge in [-0.05, 0) is 18.6 Å². The van der Waals surface area contributed by atoms with Gasteiger partial charge in [-0.3, -0.25) is 0 Å². The molecule has 0 aliphatic carbocycles. The smallest absolute Gasteiger partial charge is 0.0412 e. The molecule has 16 heavy (non-hydrogen) atoms. The molecule has 0 aromatic heterocycles. The van der Waals surface area contributed by atoms with E-state index in [-0.39, 0.29) is 8.80 Å². The number of hydrogen-bond acceptors (Lipinski definition) is 0. The van der Waals surface area contributed by atoms with Gasteiger partial charge in [0.15, 0.2) is 0 Å². The topological polar surface area (TPSA) is 0 Å². The second kappa shape index (κ2) is 8.18. The quantitative estimate of drug-likeness (QED) is 0.400. The maximum Gasteiger partial charge on any atom is 0.0412 e. The Morgan fingerprint density at radius 3 is 2.44 bits per heavy atom. The summed E-state index contributed by atoms with van der Waals surface area (Å²) in [6.07, 6.45) is 5.05. The van der Waals surface area contributed by atoms with Crippen LogP contribution in [0.5, 0.6) is 0 Å². The maximum atomic E-state index is 3.25. The van der Waals surface area contributed by atoms with Crippen LogP contribution in [-0.4, -0.2) is 8.80 Å². The van der Waals surface area contributed by atoms with Crippen molar-refractivity contribution in [2.45, 2.75) is 44.8 Å². The molecule has 0 spiro atoms. The first-order valence-electron chi connectivity index (χ1n) is 6.12. The van der Waals surface area contributed by atoms with E-state index in [1.165, 1.54) is 25.3 Å². The molecular formula is C15H21Si. The van der Waals surface area contributed by atoms with E-state index in [2.05, 4.69) is 37.1 Å². The summed E-state index contributed by atoms with van der Waals surface area (Å²) >= 11 is 0. The van der Waals surface area contributed by atoms with E-state index in [0.717, 1.165) is 12.0 Å². The van der Waals surface area contributed by atoms with Crippen LogP contribution in [0.3, 0.4) is 0 Å². The lowest BCUT2D eigenvalue weighted by Gasteiger charge is -2.00. The van der Waals surface area contributed by atoms with E-state index in [1.807, 2.05) is 18.2 Å². The van der Waals surface area contributed by atoms with Crippen LogP contribution in [0.1, 0.15) is 31.2 Å². The van der Waals surface area contributed by atoms with Gasteiger partial charge < -0.3 is 0 Å². The Morgan fingerprint density at radius 2 is 1.75 bits per heavy atom. The van der Waals surface area contributed by atoms with Gasteiger partial charge in [0.25, 0.3) is 0 Å². The molecule has 0 amide bonds. The summed E-state index contributed by atoms with van der Waals surface area (Å²) in [4.78, 5) is 0. The van der Waals surface area contributed by atoms with Crippen LogP contribution in [0.4, 0.5) is 0 Å². The van der Waals surface area contributed by atoms with E-state index in [0.29, 0.717) is 0 Å². The lowest BCUT2D eigenvalue weighted by atomic mass is 10.2. The molecule has 0 unspecified atom stereocenters. The molecule has 0 heterocycles. The van der Waals surface area contributed by atoms with Crippen molar-refractivity contribution in [1.29, 1.82) is 0 Å². The van der Waals surface area contributed by atoms with Crippen molar-refractivity contribution in [1.82, 2.24) is 0 Å². The van der Waals surface area contributed by atoms with Crippen LogP contribution in [0.2, 0.25) is 19.1 Å². The predicted octanol–water partition coefficient (Wildman–Crippen LogP) is 4.35. The largest absolute Gasteiger partial charge is 0.0979 e. The van der Waals surface area contributed by atoms with Gasteiger partial charge in [-0.2, -0.15) is 0 Å². The predicted molar refractivity (Wildman–Crippen MR) is 74.1 cm³/mol. The van der Waals surface area contributed by atoms with Crippen LogP contribution in [-0.2, 0) is 0 Å². The highest BCUT2D eigenvalue weighted by Crippen LogP contribution is 2.05. The molecule has 0 saturated heterocycles. The molecule has 1 aromatic carbocycles. The summed E-state index contributed by atoms with van der Waals surface area (Å²) in [5.41, 5.74) is 1.13. The SMILES string of the molecule is C[Si](C)CCCCCC#Cc1ccccc1. The fraction of sp³-hybridized carbons (Fsp3) is 0.467. The van der Waals surface area contributed by atoms with Crippen molar-refractivity contribution in [3.05, 3.63) is 35.9 Å². The molecule has 0 bridgehead atoms. The fourth-order valence-electron chi connectivity index (χ4n) is 1.55. The number of hydrogen-bond donors (Lipinski definition) is 0. The lowest BCUT2D eigenvalue weighted by Crippen LogP contribution is -1.97. The maximum absolute atomic E-state index is 3.25. The van der Waals surface area contributed by atoms with Crippen molar-refractivity contribution in [3.8, 4) is 11.8 Å². The Hall–Kier alpha value is -1.00. The van der Waals surface area contributed by atoms with E-state index in [9.17, 15) is 0 Å². The molecule has 0 saturated carbocycles. The molecule has 85 valence electrons. The van der Waals surface area contributed by atoms with Crippen molar-refractivity contribution < 1.29 is 0 Å². The highest BCUT2D eigenvalue weighted by Gasteiger charge is 1.94. The molecule has 0 aliphatic rings. The second-order valence-electron chi connectivity index (χ2n) is 4.44. The van der Waals surface area contributed by atoms with Crippen LogP contribution < -0.4 is 0 Å². The molecule has 0 fully saturated rings. The summed E-state index contributed by atoms with van der Waals surface area (Å²) in [7, 11) is -0.00576. The van der Waals surface area contributed by atoms with Crippen molar-refractivity contribution in [2.24, 2.45) is 0 Å². The Bertz CT molecular complexity index is 329. The average molecular weight is 229 g/mol. The average Bonchev–Trinajstić information content (AvgIpc) is 2.29. The zero-order valence-electron chi connectivity index (χ0n) is 10.4. The Labute approximate surface area is 102 Å². The molecule has 1 rings (SSSR count). The lowest BCUT2D eigenvalue weighted by molar-refractivity contribution is 0.733. The standard InChI is InChI=1S/C15H21Si/c1-16(2)14-10-5-3-4-7-11-15-12-8-6-9-13-15/h6,8-9,12-13H,3-5,10,14H2,1-2H3. The minimum atomic E-state index is -0.00576. The van der Waals surface area contributed by atoms with E-state index < -0.39 is 0 Å². The molecular weight excluding hydrogens is 208 g/mol. The normalized spacial score (nSPS) is 9.94. The highest BCUT2D eigenvalue weighted by molar-refractivity contribution is 6.55. The summed E-state index contributed by atoms with van der Waals surface area (Å²) in [6.45, 7) is 4.78. The highest BCUT2D eigenvalue weighted by atomic mass is 28.3. The first kappa shape index (κ1) is 13.1. The summed E-state index contributed by atoms with van der Waals surface area (Å²) in [5.74, 6) is 6.45. The molecule has 1 heteroatoms. The van der Waals surface area contributed by atoms with Crippen molar-refractivity contribution in [2.75, 3.05) is 0 Å². The zero-order valence-corrected chi connectivity index (χ0v) is 11.4. The van der Waals surface area contributed by atoms with Gasteiger partial charge >= 0.3 is 0 Å². The minimum absolute atomic E-state index is 0.00576. The summed E-state index contributed by atoms with van der Waals surface area (Å²) < 4.78 is 0. The monoisotopic (exact) mass is 229 g/mol. The van der Waals surface area contributed by atoms with E-state index >= 15 is 0 Å². The number of unbranched alkanes of at least 4 members (excludes halogenated alkanes) is 3. The first-order valence-corrected chi connectivity index (χ1v) is 8.82. The van der Waals surface area contributed by atoms with Crippen LogP contribution >= 0.6 is 0 Å². The summed E-state index contributed by atoms with van der Waals surface area (Å²) in [6, 6.07) is 11.7. The Morgan fingerprint density at radius 1 is 1.00 bits per heavy atom. The van der Waals surface area contributed by atoms with Gasteiger partial charge in [-0.25, -0.2) is 0 Å². The van der Waals surface area contributed by atoms with Crippen LogP contribution in [0, 0.1) is 11.8 Å². The second-order valence-corrected chi connectivity index (χ2v) is 7.35. The molecule has 1 aromatic rings. The van der Waals surface area contributed by atoms with Crippen molar-refractivity contribution in [3.63, 3.8) is 0 Å². The van der Waals surface area contributed by atoms with Crippen molar-refractivity contribution >= 4 is 8.80 Å². The van der Waals surface area contributed by atoms with Gasteiger partial charge in [0.1, 0.15) is 0 Å². The van der Waals surface area contributed by atoms with Gasteiger partial charge in [0.05, 0.1) is 0 Å². The number of rotatable bonds is 5. The van der Waals surface area contributed by atoms with Gasteiger partial charge in [-0.15, -0.1) is 0 Å². The molecule has 1 radical (unpaired) electrons. The minimum Gasteiger partial charge on any atom is -0.0979 e. The number of benzene rings is 1. The zero-order chi connectivity index (χ0) is 11.6. The van der Waals surface area contributed by atoms with Crippen LogP contribution in [0.15, 0.2) is 30.3 Å². The third-order valence-corrected chi connectivity index (χ3v) is 3.84. The molecule has 0 nitrogen and oxygen atoms in total.